The molecule has 0 aliphatic carbocycles. The third kappa shape index (κ3) is 1.76. The van der Waals surface area contributed by atoms with Gasteiger partial charge in [-0.25, -0.2) is 4.98 Å². The van der Waals surface area contributed by atoms with Gasteiger partial charge in [0.25, 0.3) is 0 Å². The SMILES string of the molecule is Cc1cccc(-c2nc3cc(O)ccc3o2)c1. The lowest BCUT2D eigenvalue weighted by molar-refractivity contribution is 0.476. The monoisotopic (exact) mass is 225 g/mol. The molecule has 3 aromatic rings. The van der Waals surface area contributed by atoms with E-state index in [-0.39, 0.29) is 5.75 Å². The fourth-order valence-electron chi connectivity index (χ4n) is 1.82. The van der Waals surface area contributed by atoms with Crippen LogP contribution in [0.5, 0.6) is 5.75 Å². The van der Waals surface area contributed by atoms with Crippen LogP contribution in [0.15, 0.2) is 46.9 Å². The van der Waals surface area contributed by atoms with Crippen molar-refractivity contribution in [3.05, 3.63) is 48.0 Å². The molecule has 0 saturated carbocycles. The number of rotatable bonds is 1. The molecule has 17 heavy (non-hydrogen) atoms. The minimum atomic E-state index is 0.196. The zero-order valence-corrected chi connectivity index (χ0v) is 9.34. The van der Waals surface area contributed by atoms with Gasteiger partial charge in [-0.1, -0.05) is 17.7 Å². The van der Waals surface area contributed by atoms with Crippen molar-refractivity contribution in [1.82, 2.24) is 4.98 Å². The van der Waals surface area contributed by atoms with Crippen molar-refractivity contribution in [3.8, 4) is 17.2 Å². The number of phenolic OH excluding ortho intramolecular Hbond substituents is 1. The van der Waals surface area contributed by atoms with E-state index in [0.29, 0.717) is 17.0 Å². The topological polar surface area (TPSA) is 46.3 Å². The van der Waals surface area contributed by atoms with Gasteiger partial charge in [0, 0.05) is 11.6 Å². The highest BCUT2D eigenvalue weighted by atomic mass is 16.3. The molecule has 0 aliphatic rings. The predicted octanol–water partition coefficient (Wildman–Crippen LogP) is 3.51. The first-order chi connectivity index (χ1) is 8.22. The fourth-order valence-corrected chi connectivity index (χ4v) is 1.82. The summed E-state index contributed by atoms with van der Waals surface area (Å²) in [5.74, 6) is 0.774. The van der Waals surface area contributed by atoms with Crippen molar-refractivity contribution in [2.24, 2.45) is 0 Å². The summed E-state index contributed by atoms with van der Waals surface area (Å²) in [6.07, 6.45) is 0. The van der Waals surface area contributed by atoms with Crippen molar-refractivity contribution in [3.63, 3.8) is 0 Å². The van der Waals surface area contributed by atoms with E-state index in [1.54, 1.807) is 18.2 Å². The summed E-state index contributed by atoms with van der Waals surface area (Å²) in [6.45, 7) is 2.03. The number of aromatic nitrogens is 1. The van der Waals surface area contributed by atoms with Gasteiger partial charge in [0.05, 0.1) is 0 Å². The molecular formula is C14H11NO2. The number of fused-ring (bicyclic) bond motifs is 1. The maximum absolute atomic E-state index is 9.37. The van der Waals surface area contributed by atoms with Gasteiger partial charge in [0.1, 0.15) is 11.3 Å². The summed E-state index contributed by atoms with van der Waals surface area (Å²) < 4.78 is 5.64. The smallest absolute Gasteiger partial charge is 0.227 e. The van der Waals surface area contributed by atoms with E-state index in [2.05, 4.69) is 4.98 Å². The Morgan fingerprint density at radius 1 is 1.12 bits per heavy atom. The lowest BCUT2D eigenvalue weighted by Gasteiger charge is -1.95. The molecule has 0 radical (unpaired) electrons. The van der Waals surface area contributed by atoms with E-state index in [0.717, 1.165) is 11.1 Å². The van der Waals surface area contributed by atoms with Crippen LogP contribution in [0.25, 0.3) is 22.6 Å². The van der Waals surface area contributed by atoms with E-state index in [1.165, 1.54) is 0 Å². The lowest BCUT2D eigenvalue weighted by atomic mass is 10.1. The molecule has 0 amide bonds. The Bertz CT molecular complexity index is 686. The number of benzene rings is 2. The highest BCUT2D eigenvalue weighted by molar-refractivity contribution is 5.77. The highest BCUT2D eigenvalue weighted by Crippen LogP contribution is 2.26. The lowest BCUT2D eigenvalue weighted by Crippen LogP contribution is -1.78. The van der Waals surface area contributed by atoms with E-state index in [4.69, 9.17) is 4.42 Å². The predicted molar refractivity (Wildman–Crippen MR) is 65.8 cm³/mol. The van der Waals surface area contributed by atoms with Gasteiger partial charge in [0.15, 0.2) is 5.58 Å². The molecule has 0 spiro atoms. The molecule has 0 bridgehead atoms. The minimum absolute atomic E-state index is 0.196. The average molecular weight is 225 g/mol. The molecular weight excluding hydrogens is 214 g/mol. The molecule has 3 rings (SSSR count). The fraction of sp³-hybridized carbons (Fsp3) is 0.0714. The number of nitrogens with zero attached hydrogens (tertiary/aromatic N) is 1. The number of phenols is 1. The number of aryl methyl sites for hydroxylation is 1. The molecule has 1 heterocycles. The van der Waals surface area contributed by atoms with Crippen LogP contribution in [0.3, 0.4) is 0 Å². The number of aromatic hydroxyl groups is 1. The van der Waals surface area contributed by atoms with Gasteiger partial charge < -0.3 is 9.52 Å². The standard InChI is InChI=1S/C14H11NO2/c1-9-3-2-4-10(7-9)14-15-12-8-11(16)5-6-13(12)17-14/h2-8,16H,1H3. The van der Waals surface area contributed by atoms with E-state index in [9.17, 15) is 5.11 Å². The third-order valence-corrected chi connectivity index (χ3v) is 2.64. The molecule has 84 valence electrons. The Morgan fingerprint density at radius 2 is 2.00 bits per heavy atom. The van der Waals surface area contributed by atoms with E-state index < -0.39 is 0 Å². The maximum atomic E-state index is 9.37. The zero-order valence-electron chi connectivity index (χ0n) is 9.34. The molecule has 3 nitrogen and oxygen atoms in total. The largest absolute Gasteiger partial charge is 0.508 e. The van der Waals surface area contributed by atoms with Gasteiger partial charge in [-0.3, -0.25) is 0 Å². The molecule has 1 N–H and O–H groups in total. The summed E-state index contributed by atoms with van der Waals surface area (Å²) in [6, 6.07) is 12.9. The second-order valence-electron chi connectivity index (χ2n) is 4.04. The van der Waals surface area contributed by atoms with Gasteiger partial charge in [-0.05, 0) is 31.2 Å². The van der Waals surface area contributed by atoms with Crippen LogP contribution in [-0.4, -0.2) is 10.1 Å². The molecule has 1 aromatic heterocycles. The Morgan fingerprint density at radius 3 is 2.82 bits per heavy atom. The minimum Gasteiger partial charge on any atom is -0.508 e. The van der Waals surface area contributed by atoms with Crippen LogP contribution in [-0.2, 0) is 0 Å². The summed E-state index contributed by atoms with van der Waals surface area (Å²) in [7, 11) is 0. The van der Waals surface area contributed by atoms with Crippen molar-refractivity contribution >= 4 is 11.1 Å². The van der Waals surface area contributed by atoms with Crippen LogP contribution in [0, 0.1) is 6.92 Å². The molecule has 0 aliphatic heterocycles. The Labute approximate surface area is 98.3 Å². The summed E-state index contributed by atoms with van der Waals surface area (Å²) in [5.41, 5.74) is 3.45. The first-order valence-corrected chi connectivity index (χ1v) is 5.39. The summed E-state index contributed by atoms with van der Waals surface area (Å²) in [5, 5.41) is 9.37. The molecule has 3 heteroatoms. The Balaban J connectivity index is 2.18. The first kappa shape index (κ1) is 9.90. The van der Waals surface area contributed by atoms with E-state index >= 15 is 0 Å². The van der Waals surface area contributed by atoms with Crippen molar-refractivity contribution in [2.45, 2.75) is 6.92 Å². The zero-order chi connectivity index (χ0) is 11.8. The number of oxazole rings is 1. The van der Waals surface area contributed by atoms with Crippen molar-refractivity contribution in [1.29, 1.82) is 0 Å². The van der Waals surface area contributed by atoms with Crippen LogP contribution < -0.4 is 0 Å². The third-order valence-electron chi connectivity index (χ3n) is 2.64. The average Bonchev–Trinajstić information content (AvgIpc) is 2.72. The van der Waals surface area contributed by atoms with Gasteiger partial charge in [0.2, 0.25) is 5.89 Å². The van der Waals surface area contributed by atoms with Crippen molar-refractivity contribution < 1.29 is 9.52 Å². The van der Waals surface area contributed by atoms with Gasteiger partial charge >= 0.3 is 0 Å². The normalized spacial score (nSPS) is 10.9. The quantitative estimate of drug-likeness (QED) is 0.689. The van der Waals surface area contributed by atoms with Crippen LogP contribution in [0.2, 0.25) is 0 Å². The number of hydrogen-bond donors (Lipinski definition) is 1. The molecule has 0 atom stereocenters. The maximum Gasteiger partial charge on any atom is 0.227 e. The first-order valence-electron chi connectivity index (χ1n) is 5.39. The second-order valence-corrected chi connectivity index (χ2v) is 4.04. The Hall–Kier alpha value is -2.29. The summed E-state index contributed by atoms with van der Waals surface area (Å²) >= 11 is 0. The second kappa shape index (κ2) is 3.63. The van der Waals surface area contributed by atoms with Gasteiger partial charge in [-0.2, -0.15) is 0 Å². The van der Waals surface area contributed by atoms with Crippen molar-refractivity contribution in [2.75, 3.05) is 0 Å². The highest BCUT2D eigenvalue weighted by Gasteiger charge is 2.08. The Kier molecular flexibility index (Phi) is 2.11. The molecule has 0 saturated heterocycles. The molecule has 0 fully saturated rings. The summed E-state index contributed by atoms with van der Waals surface area (Å²) in [4.78, 5) is 4.36. The van der Waals surface area contributed by atoms with E-state index in [1.807, 2.05) is 31.2 Å². The van der Waals surface area contributed by atoms with Crippen LogP contribution in [0.4, 0.5) is 0 Å². The number of hydrogen-bond acceptors (Lipinski definition) is 3. The van der Waals surface area contributed by atoms with Crippen LogP contribution >= 0.6 is 0 Å². The molecule has 0 unspecified atom stereocenters. The van der Waals surface area contributed by atoms with Gasteiger partial charge in [-0.15, -0.1) is 0 Å². The molecule has 2 aromatic carbocycles. The van der Waals surface area contributed by atoms with Crippen LogP contribution in [0.1, 0.15) is 5.56 Å².